The molecule has 0 saturated carbocycles. The second-order valence-corrected chi connectivity index (χ2v) is 10.2. The largest absolute Gasteiger partial charge is 0.252 e. The fourth-order valence-corrected chi connectivity index (χ4v) is 7.01. The maximum atomic E-state index is 5.17. The third-order valence-electron chi connectivity index (χ3n) is 6.04. The number of fused-ring (bicyclic) bond motifs is 6. The number of hydrogen-bond donors (Lipinski definition) is 0. The van der Waals surface area contributed by atoms with Crippen LogP contribution in [-0.4, -0.2) is 5.71 Å². The summed E-state index contributed by atoms with van der Waals surface area (Å²) in [7, 11) is 0. The molecule has 158 valence electrons. The number of aliphatic imine (C=N–C) groups is 1. The van der Waals surface area contributed by atoms with E-state index in [0.717, 1.165) is 17.0 Å². The third kappa shape index (κ3) is 3.32. The smallest absolute Gasteiger partial charge is 0.0719 e. The van der Waals surface area contributed by atoms with Crippen molar-refractivity contribution in [1.29, 1.82) is 0 Å². The van der Waals surface area contributed by atoms with Crippen LogP contribution in [0, 0.1) is 0 Å². The van der Waals surface area contributed by atoms with Crippen LogP contribution in [0.3, 0.4) is 0 Å². The molecule has 0 aliphatic heterocycles. The lowest BCUT2D eigenvalue weighted by Crippen LogP contribution is -1.96. The van der Waals surface area contributed by atoms with Gasteiger partial charge in [0, 0.05) is 57.2 Å². The van der Waals surface area contributed by atoms with Crippen molar-refractivity contribution >= 4 is 74.4 Å². The normalized spacial score (nSPS) is 12.9. The molecule has 0 aliphatic rings. The Morgan fingerprint density at radius 1 is 0.667 bits per heavy atom. The molecule has 0 unspecified atom stereocenters. The van der Waals surface area contributed by atoms with Crippen molar-refractivity contribution in [2.24, 2.45) is 4.99 Å². The predicted octanol–water partition coefficient (Wildman–Crippen LogP) is 9.46. The van der Waals surface area contributed by atoms with Crippen molar-refractivity contribution in [2.45, 2.75) is 6.92 Å². The van der Waals surface area contributed by atoms with Gasteiger partial charge in [0.2, 0.25) is 0 Å². The summed E-state index contributed by atoms with van der Waals surface area (Å²) in [6.45, 7) is 6.08. The van der Waals surface area contributed by atoms with Crippen LogP contribution in [0.25, 0.3) is 46.0 Å². The van der Waals surface area contributed by atoms with Gasteiger partial charge in [-0.1, -0.05) is 85.5 Å². The highest BCUT2D eigenvalue weighted by Gasteiger charge is 2.14. The molecule has 0 N–H and O–H groups in total. The van der Waals surface area contributed by atoms with Gasteiger partial charge >= 0.3 is 0 Å². The number of allylic oxidation sites excluding steroid dienone is 2. The molecule has 0 bridgehead atoms. The second kappa shape index (κ2) is 8.11. The molecule has 0 radical (unpaired) electrons. The van der Waals surface area contributed by atoms with Crippen molar-refractivity contribution < 1.29 is 0 Å². The molecular weight excluding hydrogens is 438 g/mol. The van der Waals surface area contributed by atoms with Crippen molar-refractivity contribution in [3.8, 4) is 0 Å². The Morgan fingerprint density at radius 3 is 1.79 bits per heavy atom. The Kier molecular flexibility index (Phi) is 4.94. The summed E-state index contributed by atoms with van der Waals surface area (Å²) in [5.41, 5.74) is 4.29. The lowest BCUT2D eigenvalue weighted by atomic mass is 10.0. The maximum absolute atomic E-state index is 5.17. The quantitative estimate of drug-likeness (QED) is 0.184. The topological polar surface area (TPSA) is 12.4 Å². The first-order valence-corrected chi connectivity index (χ1v) is 12.6. The molecule has 0 atom stereocenters. The number of rotatable bonds is 4. The van der Waals surface area contributed by atoms with E-state index < -0.39 is 0 Å². The first-order chi connectivity index (χ1) is 16.2. The zero-order valence-electron chi connectivity index (χ0n) is 18.2. The molecule has 2 heterocycles. The van der Waals surface area contributed by atoms with Crippen LogP contribution in [0.4, 0.5) is 0 Å². The zero-order valence-corrected chi connectivity index (χ0v) is 19.8. The van der Waals surface area contributed by atoms with Crippen LogP contribution in [0.15, 0.2) is 109 Å². The monoisotopic (exact) mass is 459 g/mol. The molecule has 0 fully saturated rings. The van der Waals surface area contributed by atoms with Crippen LogP contribution >= 0.6 is 22.7 Å². The van der Waals surface area contributed by atoms with Gasteiger partial charge in [0.25, 0.3) is 0 Å². The number of hydrogen-bond acceptors (Lipinski definition) is 3. The summed E-state index contributed by atoms with van der Waals surface area (Å²) >= 11 is 3.67. The molecule has 33 heavy (non-hydrogen) atoms. The minimum atomic E-state index is 0.942. The van der Waals surface area contributed by atoms with Crippen molar-refractivity contribution in [3.63, 3.8) is 0 Å². The van der Waals surface area contributed by atoms with Crippen molar-refractivity contribution in [3.05, 3.63) is 115 Å². The highest BCUT2D eigenvalue weighted by Crippen LogP contribution is 2.39. The number of thiophene rings is 2. The van der Waals surface area contributed by atoms with E-state index in [1.165, 1.54) is 45.9 Å². The summed E-state index contributed by atoms with van der Waals surface area (Å²) in [4.78, 5) is 5.17. The molecule has 0 aliphatic carbocycles. The lowest BCUT2D eigenvalue weighted by molar-refractivity contribution is 1.51. The minimum absolute atomic E-state index is 0.942. The zero-order chi connectivity index (χ0) is 22.4. The van der Waals surface area contributed by atoms with Gasteiger partial charge in [0.1, 0.15) is 0 Å². The summed E-state index contributed by atoms with van der Waals surface area (Å²) in [6.07, 6.45) is 3.85. The van der Waals surface area contributed by atoms with Gasteiger partial charge in [-0.3, -0.25) is 4.99 Å². The first kappa shape index (κ1) is 20.1. The van der Waals surface area contributed by atoms with Crippen LogP contribution in [0.2, 0.25) is 0 Å². The van der Waals surface area contributed by atoms with Crippen LogP contribution in [0.5, 0.6) is 0 Å². The van der Waals surface area contributed by atoms with Gasteiger partial charge in [-0.05, 0) is 25.1 Å². The lowest BCUT2D eigenvalue weighted by Gasteiger charge is -2.08. The van der Waals surface area contributed by atoms with E-state index in [0.29, 0.717) is 0 Å². The second-order valence-electron chi connectivity index (χ2n) is 8.05. The van der Waals surface area contributed by atoms with E-state index in [2.05, 4.69) is 98.4 Å². The highest BCUT2D eigenvalue weighted by atomic mass is 32.1. The molecule has 1 nitrogen and oxygen atoms in total. The highest BCUT2D eigenvalue weighted by molar-refractivity contribution is 7.26. The fourth-order valence-electron chi connectivity index (χ4n) is 4.52. The van der Waals surface area contributed by atoms with E-state index in [-0.39, 0.29) is 0 Å². The molecule has 0 amide bonds. The first-order valence-electron chi connectivity index (χ1n) is 10.9. The van der Waals surface area contributed by atoms with Crippen molar-refractivity contribution in [2.75, 3.05) is 0 Å². The van der Waals surface area contributed by atoms with Crippen LogP contribution < -0.4 is 0 Å². The van der Waals surface area contributed by atoms with Gasteiger partial charge in [-0.2, -0.15) is 0 Å². The van der Waals surface area contributed by atoms with E-state index in [1.54, 1.807) is 0 Å². The summed E-state index contributed by atoms with van der Waals surface area (Å²) in [5.74, 6) is 0. The predicted molar refractivity (Wildman–Crippen MR) is 149 cm³/mol. The fraction of sp³-hybridized carbons (Fsp3) is 0.0333. The summed E-state index contributed by atoms with van der Waals surface area (Å²) in [5, 5.41) is 5.18. The van der Waals surface area contributed by atoms with E-state index in [1.807, 2.05) is 34.8 Å². The molecule has 0 saturated heterocycles. The van der Waals surface area contributed by atoms with Gasteiger partial charge in [-0.25, -0.2) is 0 Å². The standard InChI is InChI=1S/C30H21NS2/c1-3-10-26(25-16-9-15-24-22-12-5-7-18-28(22)33-30(24)25)31-19(2)20-13-8-14-23-21-11-4-6-17-27(21)32-29(20)23/h3-18H,1H2,2H3/b26-10-,31-19+. The Morgan fingerprint density at radius 2 is 1.18 bits per heavy atom. The van der Waals surface area contributed by atoms with Crippen molar-refractivity contribution in [1.82, 2.24) is 0 Å². The third-order valence-corrected chi connectivity index (χ3v) is 8.48. The van der Waals surface area contributed by atoms with E-state index in [9.17, 15) is 0 Å². The van der Waals surface area contributed by atoms with Gasteiger partial charge in [0.05, 0.1) is 5.70 Å². The van der Waals surface area contributed by atoms with Crippen LogP contribution in [-0.2, 0) is 0 Å². The van der Waals surface area contributed by atoms with Crippen LogP contribution in [0.1, 0.15) is 18.1 Å². The molecule has 3 heteroatoms. The maximum Gasteiger partial charge on any atom is 0.0719 e. The molecule has 6 rings (SSSR count). The van der Waals surface area contributed by atoms with E-state index >= 15 is 0 Å². The van der Waals surface area contributed by atoms with Gasteiger partial charge < -0.3 is 0 Å². The average Bonchev–Trinajstić information content (AvgIpc) is 3.42. The SMILES string of the molecule is C=C/C=C(\N=C(/C)c1cccc2c1sc1ccccc12)c1cccc2c1sc1ccccc12. The Hall–Kier alpha value is -3.53. The number of nitrogens with zero attached hydrogens (tertiary/aromatic N) is 1. The molecule has 4 aromatic carbocycles. The Labute approximate surface area is 200 Å². The Bertz CT molecular complexity index is 1740. The van der Waals surface area contributed by atoms with Gasteiger partial charge in [-0.15, -0.1) is 22.7 Å². The molecular formula is C30H21NS2. The summed E-state index contributed by atoms with van der Waals surface area (Å²) < 4.78 is 5.17. The average molecular weight is 460 g/mol. The number of benzene rings is 4. The molecule has 6 aromatic rings. The summed E-state index contributed by atoms with van der Waals surface area (Å²) in [6, 6.07) is 30.3. The minimum Gasteiger partial charge on any atom is -0.252 e. The molecule has 0 spiro atoms. The Balaban J connectivity index is 1.54. The van der Waals surface area contributed by atoms with E-state index in [4.69, 9.17) is 4.99 Å². The van der Waals surface area contributed by atoms with Gasteiger partial charge in [0.15, 0.2) is 0 Å². The molecule has 2 aromatic heterocycles.